The average molecular weight is 210 g/mol. The van der Waals surface area contributed by atoms with Crippen LogP contribution < -0.4 is 0 Å². The molecule has 0 radical (unpaired) electrons. The van der Waals surface area contributed by atoms with Crippen molar-refractivity contribution in [2.45, 2.75) is 40.0 Å². The van der Waals surface area contributed by atoms with Crippen LogP contribution in [0.15, 0.2) is 23.3 Å². The van der Waals surface area contributed by atoms with Crippen LogP contribution in [0.1, 0.15) is 40.0 Å². The summed E-state index contributed by atoms with van der Waals surface area (Å²) in [5.74, 6) is 0. The number of rotatable bonds is 8. The lowest BCUT2D eigenvalue weighted by atomic mass is 10.1. The van der Waals surface area contributed by atoms with Gasteiger partial charge in [0, 0.05) is 6.42 Å². The van der Waals surface area contributed by atoms with Gasteiger partial charge in [0.25, 0.3) is 0 Å². The van der Waals surface area contributed by atoms with E-state index in [0.29, 0.717) is 19.6 Å². The van der Waals surface area contributed by atoms with Crippen LogP contribution in [0.3, 0.4) is 0 Å². The van der Waals surface area contributed by atoms with Gasteiger partial charge in [0.15, 0.2) is 0 Å². The van der Waals surface area contributed by atoms with Gasteiger partial charge in [0.1, 0.15) is 6.29 Å². The topological polar surface area (TPSA) is 26.3 Å². The molecule has 0 fully saturated rings. The summed E-state index contributed by atoms with van der Waals surface area (Å²) < 4.78 is 5.25. The summed E-state index contributed by atoms with van der Waals surface area (Å²) in [7, 11) is 0. The minimum Gasteiger partial charge on any atom is -0.377 e. The normalized spacial score (nSPS) is 11.3. The second kappa shape index (κ2) is 9.66. The van der Waals surface area contributed by atoms with Gasteiger partial charge in [-0.25, -0.2) is 0 Å². The first kappa shape index (κ1) is 14.1. The molecule has 0 aromatic rings. The second-order valence-corrected chi connectivity index (χ2v) is 3.90. The van der Waals surface area contributed by atoms with Crippen LogP contribution >= 0.6 is 0 Å². The largest absolute Gasteiger partial charge is 0.377 e. The van der Waals surface area contributed by atoms with E-state index in [1.54, 1.807) is 0 Å². The molecule has 0 aliphatic rings. The van der Waals surface area contributed by atoms with Gasteiger partial charge >= 0.3 is 0 Å². The molecule has 0 unspecified atom stereocenters. The fraction of sp³-hybridized carbons (Fsp3) is 0.615. The predicted molar refractivity (Wildman–Crippen MR) is 63.9 cm³/mol. The highest BCUT2D eigenvalue weighted by Crippen LogP contribution is 2.06. The highest BCUT2D eigenvalue weighted by molar-refractivity contribution is 5.49. The number of carbonyl (C=O) groups excluding carboxylic acids is 1. The molecule has 0 heterocycles. The van der Waals surface area contributed by atoms with Crippen molar-refractivity contribution < 1.29 is 9.53 Å². The summed E-state index contributed by atoms with van der Waals surface area (Å²) in [5.41, 5.74) is 2.71. The van der Waals surface area contributed by atoms with E-state index in [0.717, 1.165) is 19.1 Å². The van der Waals surface area contributed by atoms with Crippen molar-refractivity contribution in [2.75, 3.05) is 13.2 Å². The van der Waals surface area contributed by atoms with Gasteiger partial charge < -0.3 is 9.53 Å². The maximum atomic E-state index is 10.0. The molecule has 0 bridgehead atoms. The molecule has 0 saturated heterocycles. The van der Waals surface area contributed by atoms with E-state index in [-0.39, 0.29) is 0 Å². The van der Waals surface area contributed by atoms with E-state index >= 15 is 0 Å². The molecule has 15 heavy (non-hydrogen) atoms. The van der Waals surface area contributed by atoms with E-state index in [4.69, 9.17) is 4.74 Å². The fourth-order valence-electron chi connectivity index (χ4n) is 1.11. The Bertz CT molecular complexity index is 223. The molecular formula is C13H22O2. The van der Waals surface area contributed by atoms with Crippen molar-refractivity contribution in [3.05, 3.63) is 23.3 Å². The predicted octanol–water partition coefficient (Wildman–Crippen LogP) is 3.28. The van der Waals surface area contributed by atoms with E-state index in [9.17, 15) is 4.79 Å². The summed E-state index contributed by atoms with van der Waals surface area (Å²) in [6.45, 7) is 7.49. The van der Waals surface area contributed by atoms with Gasteiger partial charge in [0.05, 0.1) is 13.2 Å². The number of carbonyl (C=O) groups is 1. The Hall–Kier alpha value is -0.890. The number of hydrogen-bond acceptors (Lipinski definition) is 2. The van der Waals surface area contributed by atoms with Gasteiger partial charge in [-0.2, -0.15) is 0 Å². The van der Waals surface area contributed by atoms with Crippen LogP contribution in [-0.2, 0) is 9.53 Å². The third-order valence-corrected chi connectivity index (χ3v) is 2.02. The van der Waals surface area contributed by atoms with Crippen LogP contribution in [0.25, 0.3) is 0 Å². The molecule has 0 amide bonds. The maximum Gasteiger partial charge on any atom is 0.122 e. The summed E-state index contributed by atoms with van der Waals surface area (Å²) in [6, 6.07) is 0. The van der Waals surface area contributed by atoms with E-state index < -0.39 is 0 Å². The Labute approximate surface area is 93.0 Å². The number of hydrogen-bond donors (Lipinski definition) is 0. The Morgan fingerprint density at radius 1 is 1.13 bits per heavy atom. The quantitative estimate of drug-likeness (QED) is 0.349. The van der Waals surface area contributed by atoms with Crippen LogP contribution in [0.4, 0.5) is 0 Å². The average Bonchev–Trinajstić information content (AvgIpc) is 2.17. The molecule has 0 atom stereocenters. The maximum absolute atomic E-state index is 10.0. The number of allylic oxidation sites excluding steroid dienone is 3. The molecule has 0 aliphatic carbocycles. The van der Waals surface area contributed by atoms with E-state index in [2.05, 4.69) is 32.9 Å². The first-order valence-electron chi connectivity index (χ1n) is 5.47. The van der Waals surface area contributed by atoms with E-state index in [1.807, 2.05) is 0 Å². The zero-order valence-corrected chi connectivity index (χ0v) is 10.1. The van der Waals surface area contributed by atoms with Crippen molar-refractivity contribution in [1.29, 1.82) is 0 Å². The molecule has 0 N–H and O–H groups in total. The second-order valence-electron chi connectivity index (χ2n) is 3.90. The molecule has 0 aromatic heterocycles. The molecule has 2 nitrogen and oxygen atoms in total. The standard InChI is InChI=1S/C13H22O2/c1-12(2)6-4-7-13(3)8-11-15-10-5-9-14/h6,8-9H,4-5,7,10-11H2,1-3H3/b13-8-. The fourth-order valence-corrected chi connectivity index (χ4v) is 1.11. The third kappa shape index (κ3) is 11.0. The first-order valence-corrected chi connectivity index (χ1v) is 5.47. The zero-order valence-electron chi connectivity index (χ0n) is 10.1. The van der Waals surface area contributed by atoms with Crippen LogP contribution in [-0.4, -0.2) is 19.5 Å². The SMILES string of the molecule is CC(C)=CCC/C(C)=C\COCCC=O. The van der Waals surface area contributed by atoms with Crippen molar-refractivity contribution in [3.8, 4) is 0 Å². The summed E-state index contributed by atoms with van der Waals surface area (Å²) >= 11 is 0. The summed E-state index contributed by atoms with van der Waals surface area (Å²) in [6.07, 6.45) is 7.88. The molecule has 0 aliphatic heterocycles. The molecule has 2 heteroatoms. The first-order chi connectivity index (χ1) is 7.16. The summed E-state index contributed by atoms with van der Waals surface area (Å²) in [5, 5.41) is 0. The minimum absolute atomic E-state index is 0.491. The van der Waals surface area contributed by atoms with Gasteiger partial charge in [0.2, 0.25) is 0 Å². The molecular weight excluding hydrogens is 188 g/mol. The monoisotopic (exact) mass is 210 g/mol. The van der Waals surface area contributed by atoms with Crippen LogP contribution in [0.2, 0.25) is 0 Å². The smallest absolute Gasteiger partial charge is 0.122 e. The van der Waals surface area contributed by atoms with Gasteiger partial charge in [-0.3, -0.25) is 0 Å². The summed E-state index contributed by atoms with van der Waals surface area (Å²) in [4.78, 5) is 10.0. The number of aldehydes is 1. The molecule has 86 valence electrons. The van der Waals surface area contributed by atoms with Gasteiger partial charge in [-0.15, -0.1) is 0 Å². The molecule has 0 rings (SSSR count). The van der Waals surface area contributed by atoms with Crippen molar-refractivity contribution in [2.24, 2.45) is 0 Å². The Morgan fingerprint density at radius 2 is 1.87 bits per heavy atom. The Balaban J connectivity index is 3.52. The highest BCUT2D eigenvalue weighted by atomic mass is 16.5. The molecule has 0 aromatic carbocycles. The lowest BCUT2D eigenvalue weighted by Gasteiger charge is -2.00. The zero-order chi connectivity index (χ0) is 11.5. The number of ether oxygens (including phenoxy) is 1. The Morgan fingerprint density at radius 3 is 2.47 bits per heavy atom. The lowest BCUT2D eigenvalue weighted by molar-refractivity contribution is -0.108. The van der Waals surface area contributed by atoms with Gasteiger partial charge in [-0.05, 0) is 33.6 Å². The van der Waals surface area contributed by atoms with Crippen molar-refractivity contribution in [3.63, 3.8) is 0 Å². The lowest BCUT2D eigenvalue weighted by Crippen LogP contribution is -1.95. The van der Waals surface area contributed by atoms with Gasteiger partial charge in [-0.1, -0.05) is 23.3 Å². The molecule has 0 saturated carbocycles. The van der Waals surface area contributed by atoms with Crippen molar-refractivity contribution in [1.82, 2.24) is 0 Å². The highest BCUT2D eigenvalue weighted by Gasteiger charge is 1.89. The molecule has 0 spiro atoms. The van der Waals surface area contributed by atoms with E-state index in [1.165, 1.54) is 11.1 Å². The van der Waals surface area contributed by atoms with Crippen molar-refractivity contribution >= 4 is 6.29 Å². The third-order valence-electron chi connectivity index (χ3n) is 2.02. The van der Waals surface area contributed by atoms with Crippen LogP contribution in [0, 0.1) is 0 Å². The Kier molecular flexibility index (Phi) is 9.08. The van der Waals surface area contributed by atoms with Crippen LogP contribution in [0.5, 0.6) is 0 Å². The minimum atomic E-state index is 0.491.